The van der Waals surface area contributed by atoms with Gasteiger partial charge in [0.25, 0.3) is 0 Å². The van der Waals surface area contributed by atoms with Gasteiger partial charge in [0.1, 0.15) is 23.7 Å². The minimum Gasteiger partial charge on any atom is -0.497 e. The SMILES string of the molecule is CCCCOCC1O[C@@H](Oc2ccc(OC)cc2)C[C@@H](OCCCC)[C@@H]1OCCCC. The zero-order valence-electron chi connectivity index (χ0n) is 19.8. The summed E-state index contributed by atoms with van der Waals surface area (Å²) < 4.78 is 36.2. The van der Waals surface area contributed by atoms with Crippen molar-refractivity contribution in [3.63, 3.8) is 0 Å². The molecule has 0 saturated carbocycles. The van der Waals surface area contributed by atoms with Gasteiger partial charge in [-0.2, -0.15) is 0 Å². The van der Waals surface area contributed by atoms with Crippen molar-refractivity contribution in [1.29, 1.82) is 0 Å². The molecule has 178 valence electrons. The summed E-state index contributed by atoms with van der Waals surface area (Å²) in [5.74, 6) is 1.54. The smallest absolute Gasteiger partial charge is 0.202 e. The van der Waals surface area contributed by atoms with E-state index in [0.717, 1.165) is 56.6 Å². The van der Waals surface area contributed by atoms with Crippen molar-refractivity contribution in [3.05, 3.63) is 24.3 Å². The first kappa shape index (κ1) is 25.9. The first-order valence-corrected chi connectivity index (χ1v) is 12.0. The zero-order chi connectivity index (χ0) is 22.3. The zero-order valence-corrected chi connectivity index (χ0v) is 19.8. The normalized spacial score (nSPS) is 23.6. The largest absolute Gasteiger partial charge is 0.497 e. The molecule has 2 rings (SSSR count). The Balaban J connectivity index is 2.07. The molecular weight excluding hydrogens is 396 g/mol. The van der Waals surface area contributed by atoms with E-state index in [2.05, 4.69) is 20.8 Å². The number of ether oxygens (including phenoxy) is 6. The molecule has 1 fully saturated rings. The fraction of sp³-hybridized carbons (Fsp3) is 0.760. The van der Waals surface area contributed by atoms with Crippen molar-refractivity contribution in [2.24, 2.45) is 0 Å². The predicted molar refractivity (Wildman–Crippen MR) is 122 cm³/mol. The number of methoxy groups -OCH3 is 1. The molecule has 6 heteroatoms. The molecule has 1 aliphatic rings. The summed E-state index contributed by atoms with van der Waals surface area (Å²) in [6, 6.07) is 7.56. The number of benzene rings is 1. The van der Waals surface area contributed by atoms with E-state index in [0.29, 0.717) is 26.2 Å². The van der Waals surface area contributed by atoms with Crippen molar-refractivity contribution in [2.45, 2.75) is 90.3 Å². The molecule has 0 bridgehead atoms. The average molecular weight is 439 g/mol. The maximum Gasteiger partial charge on any atom is 0.202 e. The molecule has 0 spiro atoms. The summed E-state index contributed by atoms with van der Waals surface area (Å²) in [6.45, 7) is 9.12. The molecule has 1 aromatic carbocycles. The summed E-state index contributed by atoms with van der Waals surface area (Å²) >= 11 is 0. The lowest BCUT2D eigenvalue weighted by atomic mass is 10.0. The topological polar surface area (TPSA) is 55.4 Å². The van der Waals surface area contributed by atoms with Crippen molar-refractivity contribution in [3.8, 4) is 11.5 Å². The van der Waals surface area contributed by atoms with Gasteiger partial charge in [0, 0.05) is 26.2 Å². The monoisotopic (exact) mass is 438 g/mol. The lowest BCUT2D eigenvalue weighted by Crippen LogP contribution is -2.54. The third kappa shape index (κ3) is 9.36. The van der Waals surface area contributed by atoms with Crippen LogP contribution in [0.1, 0.15) is 65.7 Å². The highest BCUT2D eigenvalue weighted by Crippen LogP contribution is 2.29. The van der Waals surface area contributed by atoms with E-state index in [4.69, 9.17) is 28.4 Å². The summed E-state index contributed by atoms with van der Waals surface area (Å²) in [4.78, 5) is 0. The van der Waals surface area contributed by atoms with Gasteiger partial charge in [-0.3, -0.25) is 0 Å². The Morgan fingerprint density at radius 1 is 0.839 bits per heavy atom. The van der Waals surface area contributed by atoms with Gasteiger partial charge in [-0.1, -0.05) is 40.0 Å². The van der Waals surface area contributed by atoms with Crippen molar-refractivity contribution >= 4 is 0 Å². The Morgan fingerprint density at radius 2 is 1.45 bits per heavy atom. The Kier molecular flexibility index (Phi) is 12.9. The van der Waals surface area contributed by atoms with Crippen LogP contribution in [0.15, 0.2) is 24.3 Å². The van der Waals surface area contributed by atoms with E-state index in [1.165, 1.54) is 0 Å². The van der Waals surface area contributed by atoms with Crippen molar-refractivity contribution in [1.82, 2.24) is 0 Å². The van der Waals surface area contributed by atoms with E-state index in [1.807, 2.05) is 24.3 Å². The van der Waals surface area contributed by atoms with Crippen LogP contribution in [0.4, 0.5) is 0 Å². The fourth-order valence-electron chi connectivity index (χ4n) is 3.47. The minimum absolute atomic E-state index is 0.0832. The molecule has 0 radical (unpaired) electrons. The minimum atomic E-state index is -0.411. The molecule has 1 unspecified atom stereocenters. The van der Waals surface area contributed by atoms with Crippen LogP contribution in [0.2, 0.25) is 0 Å². The Bertz CT molecular complexity index is 564. The number of unbranched alkanes of at least 4 members (excludes halogenated alkanes) is 3. The first-order valence-electron chi connectivity index (χ1n) is 12.0. The summed E-state index contributed by atoms with van der Waals surface area (Å²) in [5.41, 5.74) is 0. The van der Waals surface area contributed by atoms with Crippen LogP contribution < -0.4 is 9.47 Å². The van der Waals surface area contributed by atoms with E-state index < -0.39 is 6.29 Å². The van der Waals surface area contributed by atoms with Gasteiger partial charge in [0.2, 0.25) is 6.29 Å². The molecule has 6 nitrogen and oxygen atoms in total. The second-order valence-corrected chi connectivity index (χ2v) is 8.01. The molecule has 31 heavy (non-hydrogen) atoms. The van der Waals surface area contributed by atoms with E-state index in [1.54, 1.807) is 7.11 Å². The Morgan fingerprint density at radius 3 is 2.10 bits per heavy atom. The third-order valence-electron chi connectivity index (χ3n) is 5.37. The van der Waals surface area contributed by atoms with Crippen LogP contribution >= 0.6 is 0 Å². The molecule has 1 heterocycles. The van der Waals surface area contributed by atoms with Crippen LogP contribution in [0.25, 0.3) is 0 Å². The second kappa shape index (κ2) is 15.5. The lowest BCUT2D eigenvalue weighted by Gasteiger charge is -2.41. The molecular formula is C25H42O6. The molecule has 0 N–H and O–H groups in total. The summed E-state index contributed by atoms with van der Waals surface area (Å²) in [5, 5.41) is 0. The van der Waals surface area contributed by atoms with Gasteiger partial charge in [0.05, 0.1) is 19.8 Å². The third-order valence-corrected chi connectivity index (χ3v) is 5.37. The van der Waals surface area contributed by atoms with Gasteiger partial charge >= 0.3 is 0 Å². The second-order valence-electron chi connectivity index (χ2n) is 8.01. The summed E-state index contributed by atoms with van der Waals surface area (Å²) in [7, 11) is 1.65. The van der Waals surface area contributed by atoms with Gasteiger partial charge in [-0.05, 0) is 43.5 Å². The van der Waals surface area contributed by atoms with Crippen LogP contribution in [0, 0.1) is 0 Å². The van der Waals surface area contributed by atoms with Gasteiger partial charge in [-0.25, -0.2) is 0 Å². The number of hydrogen-bond donors (Lipinski definition) is 0. The average Bonchev–Trinajstić information content (AvgIpc) is 2.79. The first-order chi connectivity index (χ1) is 15.2. The Labute approximate surface area is 188 Å². The summed E-state index contributed by atoms with van der Waals surface area (Å²) in [6.07, 6.45) is 6.13. The number of hydrogen-bond acceptors (Lipinski definition) is 6. The quantitative estimate of drug-likeness (QED) is 0.323. The Hall–Kier alpha value is -1.34. The molecule has 1 saturated heterocycles. The molecule has 4 atom stereocenters. The van der Waals surface area contributed by atoms with Gasteiger partial charge in [0.15, 0.2) is 0 Å². The highest BCUT2D eigenvalue weighted by Gasteiger charge is 2.41. The van der Waals surface area contributed by atoms with Gasteiger partial charge < -0.3 is 28.4 Å². The molecule has 0 aliphatic carbocycles. The molecule has 1 aromatic rings. The maximum absolute atomic E-state index is 6.32. The highest BCUT2D eigenvalue weighted by atomic mass is 16.7. The number of rotatable bonds is 16. The fourth-order valence-corrected chi connectivity index (χ4v) is 3.47. The van der Waals surface area contributed by atoms with Gasteiger partial charge in [-0.15, -0.1) is 0 Å². The van der Waals surface area contributed by atoms with Crippen LogP contribution in [0.5, 0.6) is 11.5 Å². The molecule has 1 aliphatic heterocycles. The maximum atomic E-state index is 6.32. The molecule has 0 aromatic heterocycles. The van der Waals surface area contributed by atoms with Crippen LogP contribution in [-0.2, 0) is 18.9 Å². The highest BCUT2D eigenvalue weighted by molar-refractivity contribution is 5.31. The van der Waals surface area contributed by atoms with Crippen LogP contribution in [-0.4, -0.2) is 58.1 Å². The predicted octanol–water partition coefficient (Wildman–Crippen LogP) is 5.38. The van der Waals surface area contributed by atoms with Crippen molar-refractivity contribution < 1.29 is 28.4 Å². The molecule has 0 amide bonds. The van der Waals surface area contributed by atoms with Crippen molar-refractivity contribution in [2.75, 3.05) is 33.5 Å². The standard InChI is InChI=1S/C25H42O6/c1-5-8-15-27-19-23-25(29-17-10-7-3)22(28-16-9-6-2)18-24(31-23)30-21-13-11-20(26-4)12-14-21/h11-14,22-25H,5-10,15-19H2,1-4H3/t22-,23?,24-,25+/m1/s1. The van der Waals surface area contributed by atoms with Crippen LogP contribution in [0.3, 0.4) is 0 Å². The van der Waals surface area contributed by atoms with E-state index in [-0.39, 0.29) is 18.3 Å². The van der Waals surface area contributed by atoms with E-state index in [9.17, 15) is 0 Å². The lowest BCUT2D eigenvalue weighted by molar-refractivity contribution is -0.253. The van der Waals surface area contributed by atoms with E-state index >= 15 is 0 Å².